The van der Waals surface area contributed by atoms with Gasteiger partial charge in [0.2, 0.25) is 0 Å². The summed E-state index contributed by atoms with van der Waals surface area (Å²) in [5, 5.41) is 8.58. The summed E-state index contributed by atoms with van der Waals surface area (Å²) in [4.78, 5) is 5.49. The molecule has 0 aliphatic carbocycles. The zero-order valence-electron chi connectivity index (χ0n) is 10.7. The molecule has 2 aromatic heterocycles. The number of morpholine rings is 1. The SMILES string of the molecule is c1ccc2sc(-c3nc(C4COCCN4)no3)cc2c1. The lowest BCUT2D eigenvalue weighted by Gasteiger charge is -2.20. The van der Waals surface area contributed by atoms with E-state index in [4.69, 9.17) is 9.26 Å². The Morgan fingerprint density at radius 1 is 1.30 bits per heavy atom. The Bertz CT molecular complexity index is 698. The largest absolute Gasteiger partial charge is 0.378 e. The summed E-state index contributed by atoms with van der Waals surface area (Å²) in [6.45, 7) is 2.14. The molecule has 0 bridgehead atoms. The summed E-state index contributed by atoms with van der Waals surface area (Å²) in [6, 6.07) is 10.4. The van der Waals surface area contributed by atoms with Crippen LogP contribution in [0.4, 0.5) is 0 Å². The molecular formula is C14H13N3O2S. The predicted molar refractivity (Wildman–Crippen MR) is 76.7 cm³/mol. The molecule has 1 N–H and O–H groups in total. The summed E-state index contributed by atoms with van der Waals surface area (Å²) in [5.74, 6) is 1.24. The average Bonchev–Trinajstić information content (AvgIpc) is 3.14. The van der Waals surface area contributed by atoms with E-state index in [1.165, 1.54) is 10.1 Å². The quantitative estimate of drug-likeness (QED) is 0.785. The monoisotopic (exact) mass is 287 g/mol. The molecule has 3 heterocycles. The smallest absolute Gasteiger partial charge is 0.268 e. The Labute approximate surface area is 119 Å². The van der Waals surface area contributed by atoms with Crippen molar-refractivity contribution in [2.75, 3.05) is 19.8 Å². The standard InChI is InChI=1S/C14H13N3O2S/c1-2-4-11-9(3-1)7-12(20-11)14-16-13(17-19-14)10-8-18-6-5-15-10/h1-4,7,10,15H,5-6,8H2. The zero-order chi connectivity index (χ0) is 13.4. The minimum atomic E-state index is 0.0237. The molecule has 3 aromatic rings. The molecule has 4 rings (SSSR count). The first-order valence-electron chi connectivity index (χ1n) is 6.54. The fourth-order valence-corrected chi connectivity index (χ4v) is 3.28. The van der Waals surface area contributed by atoms with Crippen LogP contribution in [0.3, 0.4) is 0 Å². The van der Waals surface area contributed by atoms with Gasteiger partial charge in [-0.3, -0.25) is 0 Å². The highest BCUT2D eigenvalue weighted by Gasteiger charge is 2.22. The molecule has 20 heavy (non-hydrogen) atoms. The second-order valence-corrected chi connectivity index (χ2v) is 5.77. The first kappa shape index (κ1) is 12.0. The molecule has 0 radical (unpaired) electrons. The maximum Gasteiger partial charge on any atom is 0.268 e. The van der Waals surface area contributed by atoms with Crippen LogP contribution in [0.15, 0.2) is 34.9 Å². The van der Waals surface area contributed by atoms with Crippen LogP contribution in [0.25, 0.3) is 20.9 Å². The summed E-state index contributed by atoms with van der Waals surface area (Å²) in [7, 11) is 0. The van der Waals surface area contributed by atoms with Crippen molar-refractivity contribution in [3.8, 4) is 10.8 Å². The number of fused-ring (bicyclic) bond motifs is 1. The van der Waals surface area contributed by atoms with E-state index in [2.05, 4.69) is 33.7 Å². The third kappa shape index (κ3) is 2.11. The van der Waals surface area contributed by atoms with E-state index in [9.17, 15) is 0 Å². The number of thiophene rings is 1. The fourth-order valence-electron chi connectivity index (χ4n) is 2.30. The topological polar surface area (TPSA) is 60.2 Å². The minimum Gasteiger partial charge on any atom is -0.378 e. The van der Waals surface area contributed by atoms with E-state index in [-0.39, 0.29) is 6.04 Å². The molecule has 5 nitrogen and oxygen atoms in total. The highest BCUT2D eigenvalue weighted by atomic mass is 32.1. The number of hydrogen-bond acceptors (Lipinski definition) is 6. The lowest BCUT2D eigenvalue weighted by atomic mass is 10.2. The number of hydrogen-bond donors (Lipinski definition) is 1. The summed E-state index contributed by atoms with van der Waals surface area (Å²) >= 11 is 1.66. The molecule has 0 saturated carbocycles. The van der Waals surface area contributed by atoms with E-state index < -0.39 is 0 Å². The normalized spacial score (nSPS) is 19.5. The van der Waals surface area contributed by atoms with Gasteiger partial charge in [0.25, 0.3) is 5.89 Å². The molecule has 1 aliphatic heterocycles. The van der Waals surface area contributed by atoms with Gasteiger partial charge in [-0.2, -0.15) is 4.98 Å². The molecule has 1 atom stereocenters. The van der Waals surface area contributed by atoms with Crippen LogP contribution in [0, 0.1) is 0 Å². The Kier molecular flexibility index (Phi) is 2.99. The van der Waals surface area contributed by atoms with Crippen LogP contribution >= 0.6 is 11.3 Å². The molecule has 1 saturated heterocycles. The lowest BCUT2D eigenvalue weighted by molar-refractivity contribution is 0.0734. The number of ether oxygens (including phenoxy) is 1. The molecular weight excluding hydrogens is 274 g/mol. The zero-order valence-corrected chi connectivity index (χ0v) is 11.5. The van der Waals surface area contributed by atoms with Crippen LogP contribution in [0.1, 0.15) is 11.9 Å². The average molecular weight is 287 g/mol. The molecule has 1 aromatic carbocycles. The molecule has 0 spiro atoms. The Hall–Kier alpha value is -1.76. The van der Waals surface area contributed by atoms with Gasteiger partial charge in [0.1, 0.15) is 0 Å². The first-order chi connectivity index (χ1) is 9.90. The second-order valence-electron chi connectivity index (χ2n) is 4.69. The summed E-state index contributed by atoms with van der Waals surface area (Å²) in [5.41, 5.74) is 0. The van der Waals surface area contributed by atoms with Gasteiger partial charge in [-0.1, -0.05) is 23.4 Å². The van der Waals surface area contributed by atoms with Crippen molar-refractivity contribution < 1.29 is 9.26 Å². The highest BCUT2D eigenvalue weighted by molar-refractivity contribution is 7.22. The first-order valence-corrected chi connectivity index (χ1v) is 7.35. The highest BCUT2D eigenvalue weighted by Crippen LogP contribution is 2.32. The van der Waals surface area contributed by atoms with Crippen molar-refractivity contribution in [1.82, 2.24) is 15.5 Å². The Balaban J connectivity index is 1.66. The summed E-state index contributed by atoms with van der Waals surface area (Å²) in [6.07, 6.45) is 0. The van der Waals surface area contributed by atoms with Gasteiger partial charge in [0.15, 0.2) is 5.82 Å². The van der Waals surface area contributed by atoms with Crippen molar-refractivity contribution in [2.24, 2.45) is 0 Å². The van der Waals surface area contributed by atoms with E-state index in [1.54, 1.807) is 11.3 Å². The van der Waals surface area contributed by atoms with Crippen molar-refractivity contribution in [3.63, 3.8) is 0 Å². The van der Waals surface area contributed by atoms with Gasteiger partial charge in [-0.05, 0) is 17.5 Å². The third-order valence-corrected chi connectivity index (χ3v) is 4.42. The molecule has 1 unspecified atom stereocenters. The van der Waals surface area contributed by atoms with Crippen LogP contribution in [-0.2, 0) is 4.74 Å². The summed E-state index contributed by atoms with van der Waals surface area (Å²) < 4.78 is 12.0. The van der Waals surface area contributed by atoms with Gasteiger partial charge < -0.3 is 14.6 Å². The lowest BCUT2D eigenvalue weighted by Crippen LogP contribution is -2.35. The molecule has 6 heteroatoms. The molecule has 1 aliphatic rings. The van der Waals surface area contributed by atoms with Gasteiger partial charge in [-0.25, -0.2) is 0 Å². The molecule has 1 fully saturated rings. The van der Waals surface area contributed by atoms with E-state index in [1.807, 2.05) is 12.1 Å². The minimum absolute atomic E-state index is 0.0237. The maximum atomic E-state index is 5.42. The van der Waals surface area contributed by atoms with Gasteiger partial charge in [0, 0.05) is 11.2 Å². The number of rotatable bonds is 2. The number of nitrogens with one attached hydrogen (secondary N) is 1. The van der Waals surface area contributed by atoms with Crippen LogP contribution < -0.4 is 5.32 Å². The van der Waals surface area contributed by atoms with Crippen LogP contribution in [0.2, 0.25) is 0 Å². The maximum absolute atomic E-state index is 5.42. The Morgan fingerprint density at radius 2 is 2.25 bits per heavy atom. The van der Waals surface area contributed by atoms with Gasteiger partial charge in [0.05, 0.1) is 24.1 Å². The number of benzene rings is 1. The van der Waals surface area contributed by atoms with Crippen LogP contribution in [-0.4, -0.2) is 29.9 Å². The second kappa shape index (κ2) is 4.97. The predicted octanol–water partition coefficient (Wildman–Crippen LogP) is 2.61. The van der Waals surface area contributed by atoms with Gasteiger partial charge >= 0.3 is 0 Å². The van der Waals surface area contributed by atoms with Crippen molar-refractivity contribution >= 4 is 21.4 Å². The van der Waals surface area contributed by atoms with E-state index >= 15 is 0 Å². The Morgan fingerprint density at radius 3 is 3.10 bits per heavy atom. The fraction of sp³-hybridized carbons (Fsp3) is 0.286. The van der Waals surface area contributed by atoms with E-state index in [0.29, 0.717) is 18.3 Å². The van der Waals surface area contributed by atoms with Crippen molar-refractivity contribution in [1.29, 1.82) is 0 Å². The third-order valence-electron chi connectivity index (χ3n) is 3.31. The molecule has 102 valence electrons. The van der Waals surface area contributed by atoms with E-state index in [0.717, 1.165) is 18.0 Å². The number of aromatic nitrogens is 2. The van der Waals surface area contributed by atoms with Crippen LogP contribution in [0.5, 0.6) is 0 Å². The molecule has 0 amide bonds. The van der Waals surface area contributed by atoms with Crippen molar-refractivity contribution in [3.05, 3.63) is 36.2 Å². The number of nitrogens with zero attached hydrogens (tertiary/aromatic N) is 2. The van der Waals surface area contributed by atoms with Gasteiger partial charge in [-0.15, -0.1) is 11.3 Å². The van der Waals surface area contributed by atoms with Crippen molar-refractivity contribution in [2.45, 2.75) is 6.04 Å².